The number of ketones is 1. The minimum Gasteiger partial charge on any atom is -0.300 e. The van der Waals surface area contributed by atoms with Crippen molar-refractivity contribution in [2.24, 2.45) is 0 Å². The maximum Gasteiger partial charge on any atom is 0.164 e. The molecule has 1 fully saturated rings. The predicted octanol–water partition coefficient (Wildman–Crippen LogP) is 2.56. The summed E-state index contributed by atoms with van der Waals surface area (Å²) in [5.41, 5.74) is 0.188. The first kappa shape index (κ1) is 16.0. The first-order chi connectivity index (χ1) is 9.78. The van der Waals surface area contributed by atoms with Crippen LogP contribution < -0.4 is 0 Å². The van der Waals surface area contributed by atoms with Crippen LogP contribution >= 0.6 is 0 Å². The summed E-state index contributed by atoms with van der Waals surface area (Å²) in [6, 6.07) is 2.97. The van der Waals surface area contributed by atoms with Gasteiger partial charge in [-0.25, -0.2) is 8.78 Å². The molecule has 0 N–H and O–H groups in total. The van der Waals surface area contributed by atoms with Crippen molar-refractivity contribution in [3.05, 3.63) is 35.4 Å². The Morgan fingerprint density at radius 3 is 2.38 bits per heavy atom. The first-order valence-corrected chi connectivity index (χ1v) is 7.21. The fraction of sp³-hybridized carbons (Fsp3) is 0.562. The fourth-order valence-corrected chi connectivity index (χ4v) is 2.65. The van der Waals surface area contributed by atoms with Crippen LogP contribution in [0.2, 0.25) is 0 Å². The summed E-state index contributed by atoms with van der Waals surface area (Å²) in [6.07, 6.45) is 0.280. The molecule has 2 rings (SSSR count). The molecule has 1 aliphatic rings. The van der Waals surface area contributed by atoms with Gasteiger partial charge in [0.2, 0.25) is 0 Å². The van der Waals surface area contributed by atoms with E-state index in [-0.39, 0.29) is 23.3 Å². The minimum absolute atomic E-state index is 0.0757. The van der Waals surface area contributed by atoms with E-state index in [1.807, 2.05) is 0 Å². The third-order valence-corrected chi connectivity index (χ3v) is 4.24. The van der Waals surface area contributed by atoms with Crippen molar-refractivity contribution >= 4 is 5.78 Å². The van der Waals surface area contributed by atoms with Crippen LogP contribution in [0.1, 0.15) is 30.6 Å². The van der Waals surface area contributed by atoms with E-state index in [2.05, 4.69) is 30.7 Å². The lowest BCUT2D eigenvalue weighted by Gasteiger charge is -2.45. The van der Waals surface area contributed by atoms with E-state index in [0.29, 0.717) is 6.54 Å². The number of hydrogen-bond donors (Lipinski definition) is 0. The third-order valence-electron chi connectivity index (χ3n) is 4.24. The molecular formula is C16H22F2N2O. The standard InChI is InChI=1S/C16H22F2N2O/c1-16(2)11-20(7-6-19(16)3)5-4-15(21)12-8-13(17)10-14(18)9-12/h8-10H,4-7,11H2,1-3H3. The second-order valence-electron chi connectivity index (χ2n) is 6.34. The molecule has 5 heteroatoms. The van der Waals surface area contributed by atoms with Gasteiger partial charge >= 0.3 is 0 Å². The molecule has 116 valence electrons. The number of rotatable bonds is 4. The molecule has 0 amide bonds. The number of halogens is 2. The number of carbonyl (C=O) groups is 1. The molecule has 1 aromatic carbocycles. The Labute approximate surface area is 124 Å². The number of hydrogen-bond acceptors (Lipinski definition) is 3. The Balaban J connectivity index is 1.92. The Morgan fingerprint density at radius 1 is 1.19 bits per heavy atom. The number of carbonyl (C=O) groups excluding carboxylic acids is 1. The van der Waals surface area contributed by atoms with E-state index in [1.165, 1.54) is 0 Å². The van der Waals surface area contributed by atoms with E-state index in [4.69, 9.17) is 0 Å². The number of Topliss-reactive ketones (excluding diaryl/α,β-unsaturated/α-hetero) is 1. The van der Waals surface area contributed by atoms with Gasteiger partial charge in [-0.3, -0.25) is 14.6 Å². The monoisotopic (exact) mass is 296 g/mol. The van der Waals surface area contributed by atoms with Crippen molar-refractivity contribution in [2.45, 2.75) is 25.8 Å². The lowest BCUT2D eigenvalue weighted by Crippen LogP contribution is -2.57. The van der Waals surface area contributed by atoms with Gasteiger partial charge in [-0.2, -0.15) is 0 Å². The van der Waals surface area contributed by atoms with Gasteiger partial charge in [0, 0.05) is 49.8 Å². The maximum absolute atomic E-state index is 13.1. The fourth-order valence-electron chi connectivity index (χ4n) is 2.65. The van der Waals surface area contributed by atoms with Gasteiger partial charge in [0.1, 0.15) is 11.6 Å². The van der Waals surface area contributed by atoms with E-state index < -0.39 is 11.6 Å². The zero-order valence-corrected chi connectivity index (χ0v) is 12.8. The number of nitrogens with zero attached hydrogens (tertiary/aromatic N) is 2. The topological polar surface area (TPSA) is 23.6 Å². The summed E-state index contributed by atoms with van der Waals surface area (Å²) in [5.74, 6) is -1.64. The largest absolute Gasteiger partial charge is 0.300 e. The highest BCUT2D eigenvalue weighted by Gasteiger charge is 2.30. The van der Waals surface area contributed by atoms with Crippen LogP contribution in [-0.4, -0.2) is 54.3 Å². The zero-order chi connectivity index (χ0) is 15.6. The van der Waals surface area contributed by atoms with Crippen molar-refractivity contribution in [1.29, 1.82) is 0 Å². The van der Waals surface area contributed by atoms with E-state index in [9.17, 15) is 13.6 Å². The second-order valence-corrected chi connectivity index (χ2v) is 6.34. The average molecular weight is 296 g/mol. The van der Waals surface area contributed by atoms with E-state index >= 15 is 0 Å². The summed E-state index contributed by atoms with van der Waals surface area (Å²) >= 11 is 0. The highest BCUT2D eigenvalue weighted by Crippen LogP contribution is 2.19. The molecule has 0 atom stereocenters. The zero-order valence-electron chi connectivity index (χ0n) is 12.8. The van der Waals surface area contributed by atoms with Crippen LogP contribution in [0.25, 0.3) is 0 Å². The Kier molecular flexibility index (Phi) is 4.74. The summed E-state index contributed by atoms with van der Waals surface area (Å²) in [7, 11) is 2.10. The Morgan fingerprint density at radius 2 is 1.81 bits per heavy atom. The van der Waals surface area contributed by atoms with Crippen molar-refractivity contribution in [3.8, 4) is 0 Å². The second kappa shape index (κ2) is 6.20. The molecule has 3 nitrogen and oxygen atoms in total. The van der Waals surface area contributed by atoms with Gasteiger partial charge in [-0.05, 0) is 33.0 Å². The number of piperazine rings is 1. The van der Waals surface area contributed by atoms with Crippen molar-refractivity contribution in [2.75, 3.05) is 33.2 Å². The van der Waals surface area contributed by atoms with Crippen LogP contribution in [0, 0.1) is 11.6 Å². The summed E-state index contributed by atoms with van der Waals surface area (Å²) in [4.78, 5) is 16.6. The molecule has 1 saturated heterocycles. The SMILES string of the molecule is CN1CCN(CCC(=O)c2cc(F)cc(F)c2)CC1(C)C. The van der Waals surface area contributed by atoms with Crippen LogP contribution in [0.15, 0.2) is 18.2 Å². The van der Waals surface area contributed by atoms with Crippen LogP contribution in [0.5, 0.6) is 0 Å². The quantitative estimate of drug-likeness (QED) is 0.798. The first-order valence-electron chi connectivity index (χ1n) is 7.21. The van der Waals surface area contributed by atoms with Gasteiger partial charge in [0.05, 0.1) is 0 Å². The molecule has 0 bridgehead atoms. The molecule has 0 aliphatic carbocycles. The molecule has 0 saturated carbocycles. The molecule has 0 unspecified atom stereocenters. The van der Waals surface area contributed by atoms with Crippen molar-refractivity contribution < 1.29 is 13.6 Å². The maximum atomic E-state index is 13.1. The van der Waals surface area contributed by atoms with E-state index in [1.54, 1.807) is 0 Å². The molecule has 0 spiro atoms. The van der Waals surface area contributed by atoms with Gasteiger partial charge in [-0.15, -0.1) is 0 Å². The summed E-state index contributed by atoms with van der Waals surface area (Å²) < 4.78 is 26.2. The highest BCUT2D eigenvalue weighted by molar-refractivity contribution is 5.96. The lowest BCUT2D eigenvalue weighted by molar-refractivity contribution is 0.0390. The summed E-state index contributed by atoms with van der Waals surface area (Å²) in [5, 5.41) is 0. The van der Waals surface area contributed by atoms with Gasteiger partial charge in [-0.1, -0.05) is 0 Å². The average Bonchev–Trinajstić information content (AvgIpc) is 2.38. The van der Waals surface area contributed by atoms with Crippen molar-refractivity contribution in [3.63, 3.8) is 0 Å². The third kappa shape index (κ3) is 4.08. The summed E-state index contributed by atoms with van der Waals surface area (Å²) in [6.45, 7) is 7.70. The molecule has 1 heterocycles. The van der Waals surface area contributed by atoms with Gasteiger partial charge < -0.3 is 0 Å². The molecule has 21 heavy (non-hydrogen) atoms. The van der Waals surface area contributed by atoms with Crippen LogP contribution in [-0.2, 0) is 0 Å². The number of likely N-dealkylation sites (N-methyl/N-ethyl adjacent to an activating group) is 1. The molecule has 0 aromatic heterocycles. The van der Waals surface area contributed by atoms with E-state index in [0.717, 1.165) is 37.8 Å². The molecule has 0 radical (unpaired) electrons. The smallest absolute Gasteiger partial charge is 0.164 e. The molecule has 1 aliphatic heterocycles. The predicted molar refractivity (Wildman–Crippen MR) is 78.5 cm³/mol. The van der Waals surface area contributed by atoms with Crippen LogP contribution in [0.3, 0.4) is 0 Å². The minimum atomic E-state index is -0.709. The van der Waals surface area contributed by atoms with Crippen LogP contribution in [0.4, 0.5) is 8.78 Å². The van der Waals surface area contributed by atoms with Gasteiger partial charge in [0.25, 0.3) is 0 Å². The molecule has 1 aromatic rings. The normalized spacial score (nSPS) is 19.7. The van der Waals surface area contributed by atoms with Crippen molar-refractivity contribution in [1.82, 2.24) is 9.80 Å². The number of benzene rings is 1. The Bertz CT molecular complexity index is 511. The Hall–Kier alpha value is -1.33. The lowest BCUT2D eigenvalue weighted by atomic mass is 9.99. The van der Waals surface area contributed by atoms with Gasteiger partial charge in [0.15, 0.2) is 5.78 Å². The highest BCUT2D eigenvalue weighted by atomic mass is 19.1. The molecular weight excluding hydrogens is 274 g/mol.